The molecular formula is C5H8O5. The number of hydrogen-bond acceptors (Lipinski definition) is 5. The Bertz CT molecular complexity index is 135. The van der Waals surface area contributed by atoms with Gasteiger partial charge in [-0.2, -0.15) is 0 Å². The van der Waals surface area contributed by atoms with E-state index >= 15 is 0 Å². The van der Waals surface area contributed by atoms with Crippen molar-refractivity contribution in [2.24, 2.45) is 0 Å². The Morgan fingerprint density at radius 3 is 2.40 bits per heavy atom. The van der Waals surface area contributed by atoms with E-state index in [1.807, 2.05) is 0 Å². The molecule has 0 radical (unpaired) electrons. The van der Waals surface area contributed by atoms with Crippen LogP contribution in [0.4, 0.5) is 4.79 Å². The summed E-state index contributed by atoms with van der Waals surface area (Å²) >= 11 is 0. The van der Waals surface area contributed by atoms with Crippen LogP contribution >= 0.6 is 0 Å². The van der Waals surface area contributed by atoms with Crippen molar-refractivity contribution in [2.75, 3.05) is 20.8 Å². The molecule has 0 bridgehead atoms. The normalized spacial score (nSPS) is 20.8. The van der Waals surface area contributed by atoms with E-state index in [0.29, 0.717) is 0 Å². The third-order valence-corrected chi connectivity index (χ3v) is 1.11. The third-order valence-electron chi connectivity index (χ3n) is 1.11. The number of cyclic esters (lactones) is 2. The Morgan fingerprint density at radius 1 is 1.50 bits per heavy atom. The van der Waals surface area contributed by atoms with Crippen LogP contribution in [0.25, 0.3) is 0 Å². The number of methoxy groups -OCH3 is 2. The van der Waals surface area contributed by atoms with Crippen molar-refractivity contribution in [1.29, 1.82) is 0 Å². The highest BCUT2D eigenvalue weighted by Crippen LogP contribution is 2.25. The minimum Gasteiger partial charge on any atom is -0.374 e. The minimum absolute atomic E-state index is 0.0786. The fourth-order valence-electron chi connectivity index (χ4n) is 0.640. The van der Waals surface area contributed by atoms with Gasteiger partial charge in [-0.15, -0.1) is 0 Å². The SMILES string of the molecule is COCC1(OC)OC(=O)O1. The van der Waals surface area contributed by atoms with Gasteiger partial charge >= 0.3 is 12.1 Å². The monoisotopic (exact) mass is 148 g/mol. The molecular weight excluding hydrogens is 140 g/mol. The van der Waals surface area contributed by atoms with Gasteiger partial charge in [-0.3, -0.25) is 0 Å². The molecule has 1 saturated heterocycles. The van der Waals surface area contributed by atoms with Crippen molar-refractivity contribution < 1.29 is 23.7 Å². The smallest absolute Gasteiger partial charge is 0.374 e. The first kappa shape index (κ1) is 7.30. The number of carbonyl (C=O) groups is 1. The van der Waals surface area contributed by atoms with Gasteiger partial charge in [0.1, 0.15) is 0 Å². The van der Waals surface area contributed by atoms with Crippen LogP contribution in [-0.2, 0) is 18.9 Å². The Balaban J connectivity index is 2.39. The van der Waals surface area contributed by atoms with Crippen molar-refractivity contribution >= 4 is 6.16 Å². The zero-order valence-corrected chi connectivity index (χ0v) is 5.75. The highest BCUT2D eigenvalue weighted by atomic mass is 17.0. The van der Waals surface area contributed by atoms with Crippen LogP contribution in [0.1, 0.15) is 0 Å². The third kappa shape index (κ3) is 1.05. The zero-order valence-electron chi connectivity index (χ0n) is 5.75. The molecule has 0 amide bonds. The van der Waals surface area contributed by atoms with Crippen LogP contribution < -0.4 is 0 Å². The maximum atomic E-state index is 10.2. The van der Waals surface area contributed by atoms with Gasteiger partial charge in [0.25, 0.3) is 0 Å². The van der Waals surface area contributed by atoms with Gasteiger partial charge in [-0.1, -0.05) is 0 Å². The fourth-order valence-corrected chi connectivity index (χ4v) is 0.640. The molecule has 0 aromatic heterocycles. The molecule has 0 N–H and O–H groups in total. The van der Waals surface area contributed by atoms with E-state index < -0.39 is 12.1 Å². The van der Waals surface area contributed by atoms with E-state index in [1.54, 1.807) is 0 Å². The molecule has 1 aliphatic rings. The molecule has 0 saturated carbocycles. The standard InChI is InChI=1S/C5H8O5/c1-7-3-5(8-2)9-4(6)10-5/h3H2,1-2H3. The maximum absolute atomic E-state index is 10.2. The number of ether oxygens (including phenoxy) is 4. The predicted octanol–water partition coefficient (Wildman–Crippen LogP) is 0.0998. The second kappa shape index (κ2) is 2.43. The highest BCUT2D eigenvalue weighted by molar-refractivity contribution is 5.65. The maximum Gasteiger partial charge on any atom is 0.518 e. The summed E-state index contributed by atoms with van der Waals surface area (Å²) in [6, 6.07) is 0. The lowest BCUT2D eigenvalue weighted by molar-refractivity contribution is -0.407. The summed E-state index contributed by atoms with van der Waals surface area (Å²) in [6.07, 6.45) is -0.737. The molecule has 1 aliphatic heterocycles. The average molecular weight is 148 g/mol. The van der Waals surface area contributed by atoms with Crippen LogP contribution in [0, 0.1) is 0 Å². The molecule has 1 rings (SSSR count). The lowest BCUT2D eigenvalue weighted by Crippen LogP contribution is -2.54. The Kier molecular flexibility index (Phi) is 1.78. The molecule has 1 fully saturated rings. The molecule has 0 aromatic rings. The molecule has 0 spiro atoms. The van der Waals surface area contributed by atoms with Gasteiger partial charge in [-0.25, -0.2) is 4.79 Å². The van der Waals surface area contributed by atoms with Gasteiger partial charge in [0.05, 0.1) is 0 Å². The average Bonchev–Trinajstić information content (AvgIpc) is 1.84. The summed E-state index contributed by atoms with van der Waals surface area (Å²) in [5.74, 6) is -1.29. The van der Waals surface area contributed by atoms with Crippen molar-refractivity contribution in [1.82, 2.24) is 0 Å². The number of rotatable bonds is 3. The Labute approximate surface area is 57.8 Å². The molecule has 10 heavy (non-hydrogen) atoms. The first-order valence-electron chi connectivity index (χ1n) is 2.68. The van der Waals surface area contributed by atoms with E-state index in [9.17, 15) is 4.79 Å². The molecule has 58 valence electrons. The van der Waals surface area contributed by atoms with Crippen LogP contribution in [0.3, 0.4) is 0 Å². The second-order valence-electron chi connectivity index (χ2n) is 1.77. The number of hydrogen-bond donors (Lipinski definition) is 0. The molecule has 0 aliphatic carbocycles. The lowest BCUT2D eigenvalue weighted by atomic mass is 10.5. The van der Waals surface area contributed by atoms with E-state index in [2.05, 4.69) is 14.2 Å². The van der Waals surface area contributed by atoms with Gasteiger partial charge in [0.2, 0.25) is 0 Å². The summed E-state index contributed by atoms with van der Waals surface area (Å²) in [5, 5.41) is 0. The molecule has 0 aromatic carbocycles. The summed E-state index contributed by atoms with van der Waals surface area (Å²) in [6.45, 7) is 0.0786. The quantitative estimate of drug-likeness (QED) is 0.531. The van der Waals surface area contributed by atoms with E-state index in [-0.39, 0.29) is 6.61 Å². The summed E-state index contributed by atoms with van der Waals surface area (Å²) in [4.78, 5) is 10.2. The van der Waals surface area contributed by atoms with Gasteiger partial charge in [0, 0.05) is 14.2 Å². The summed E-state index contributed by atoms with van der Waals surface area (Å²) < 4.78 is 18.4. The van der Waals surface area contributed by atoms with Crippen LogP contribution in [0.5, 0.6) is 0 Å². The second-order valence-corrected chi connectivity index (χ2v) is 1.77. The lowest BCUT2D eigenvalue weighted by Gasteiger charge is -2.36. The zero-order chi connectivity index (χ0) is 7.61. The molecule has 5 heteroatoms. The van der Waals surface area contributed by atoms with E-state index in [4.69, 9.17) is 4.74 Å². The van der Waals surface area contributed by atoms with Crippen LogP contribution in [0.15, 0.2) is 0 Å². The van der Waals surface area contributed by atoms with Gasteiger partial charge in [-0.05, 0) is 0 Å². The van der Waals surface area contributed by atoms with Crippen molar-refractivity contribution in [3.8, 4) is 0 Å². The summed E-state index contributed by atoms with van der Waals surface area (Å²) in [5.41, 5.74) is 0. The molecule has 1 heterocycles. The van der Waals surface area contributed by atoms with Crippen molar-refractivity contribution in [3.63, 3.8) is 0 Å². The van der Waals surface area contributed by atoms with Crippen LogP contribution in [-0.4, -0.2) is 33.0 Å². The first-order valence-corrected chi connectivity index (χ1v) is 2.68. The molecule has 0 atom stereocenters. The largest absolute Gasteiger partial charge is 0.518 e. The fraction of sp³-hybridized carbons (Fsp3) is 0.800. The Morgan fingerprint density at radius 2 is 2.10 bits per heavy atom. The molecule has 0 unspecified atom stereocenters. The van der Waals surface area contributed by atoms with E-state index in [1.165, 1.54) is 14.2 Å². The highest BCUT2D eigenvalue weighted by Gasteiger charge is 2.50. The topological polar surface area (TPSA) is 54.0 Å². The summed E-state index contributed by atoms with van der Waals surface area (Å²) in [7, 11) is 2.82. The van der Waals surface area contributed by atoms with E-state index in [0.717, 1.165) is 0 Å². The Hall–Kier alpha value is -0.810. The number of carbonyl (C=O) groups excluding carboxylic acids is 1. The van der Waals surface area contributed by atoms with Crippen molar-refractivity contribution in [3.05, 3.63) is 0 Å². The van der Waals surface area contributed by atoms with Crippen LogP contribution in [0.2, 0.25) is 0 Å². The van der Waals surface area contributed by atoms with Crippen molar-refractivity contribution in [2.45, 2.75) is 5.97 Å². The first-order chi connectivity index (χ1) is 4.72. The predicted molar refractivity (Wildman–Crippen MR) is 29.2 cm³/mol. The van der Waals surface area contributed by atoms with Gasteiger partial charge < -0.3 is 18.9 Å². The van der Waals surface area contributed by atoms with Gasteiger partial charge in [0.15, 0.2) is 6.61 Å². The molecule has 5 nitrogen and oxygen atoms in total. The minimum atomic E-state index is -1.29.